The molecule has 2 amide bonds. The van der Waals surface area contributed by atoms with Gasteiger partial charge < -0.3 is 10.2 Å². The van der Waals surface area contributed by atoms with Gasteiger partial charge in [0.2, 0.25) is 11.8 Å². The number of benzene rings is 2. The fourth-order valence-electron chi connectivity index (χ4n) is 3.30. The Morgan fingerprint density at radius 2 is 2.00 bits per heavy atom. The van der Waals surface area contributed by atoms with Crippen LogP contribution in [0.2, 0.25) is 5.02 Å². The third-order valence-electron chi connectivity index (χ3n) is 4.42. The van der Waals surface area contributed by atoms with E-state index >= 15 is 0 Å². The predicted molar refractivity (Wildman–Crippen MR) is 98.2 cm³/mol. The van der Waals surface area contributed by atoms with Gasteiger partial charge in [0, 0.05) is 17.6 Å². The highest BCUT2D eigenvalue weighted by atomic mass is 35.5. The third kappa shape index (κ3) is 3.69. The molecule has 1 aliphatic heterocycles. The number of amides is 2. The molecule has 5 heteroatoms. The number of hydrogen-bond donors (Lipinski definition) is 1. The minimum absolute atomic E-state index is 0.0170. The molecule has 1 heterocycles. The first kappa shape index (κ1) is 17.5. The number of nitrogens with zero attached hydrogens (tertiary/aromatic N) is 1. The van der Waals surface area contributed by atoms with Gasteiger partial charge in [-0.25, -0.2) is 0 Å². The van der Waals surface area contributed by atoms with Gasteiger partial charge in [0.05, 0.1) is 6.42 Å². The lowest BCUT2D eigenvalue weighted by molar-refractivity contribution is -0.143. The lowest BCUT2D eigenvalue weighted by Gasteiger charge is -2.39. The Morgan fingerprint density at radius 1 is 1.24 bits per heavy atom. The lowest BCUT2D eigenvalue weighted by Crippen LogP contribution is -2.50. The summed E-state index contributed by atoms with van der Waals surface area (Å²) >= 11 is 5.99. The molecule has 0 saturated heterocycles. The van der Waals surface area contributed by atoms with Gasteiger partial charge in [0.1, 0.15) is 6.04 Å². The lowest BCUT2D eigenvalue weighted by atomic mass is 9.90. The minimum Gasteiger partial charge on any atom is -0.350 e. The smallest absolute Gasteiger partial charge is 0.247 e. The van der Waals surface area contributed by atoms with Crippen molar-refractivity contribution < 1.29 is 9.59 Å². The Labute approximate surface area is 152 Å². The maximum atomic E-state index is 12.9. The Kier molecular flexibility index (Phi) is 5.09. The van der Waals surface area contributed by atoms with Crippen molar-refractivity contribution in [2.45, 2.75) is 38.9 Å². The zero-order chi connectivity index (χ0) is 18.0. The topological polar surface area (TPSA) is 49.4 Å². The molecule has 0 aliphatic carbocycles. The summed E-state index contributed by atoms with van der Waals surface area (Å²) in [5, 5.41) is 3.58. The summed E-state index contributed by atoms with van der Waals surface area (Å²) in [6, 6.07) is 14.4. The first-order valence-electron chi connectivity index (χ1n) is 8.38. The fourth-order valence-corrected chi connectivity index (χ4v) is 3.51. The molecule has 2 aromatic rings. The highest BCUT2D eigenvalue weighted by Crippen LogP contribution is 2.32. The van der Waals surface area contributed by atoms with E-state index in [-0.39, 0.29) is 17.9 Å². The van der Waals surface area contributed by atoms with E-state index in [1.165, 1.54) is 0 Å². The van der Waals surface area contributed by atoms with Crippen LogP contribution in [0.1, 0.15) is 36.6 Å². The van der Waals surface area contributed by atoms with E-state index in [2.05, 4.69) is 5.32 Å². The SMILES string of the molecule is CC(C)N1C(=O)Cc2ccccc2C1C(=O)NCc1cccc(Cl)c1. The molecule has 1 unspecified atom stereocenters. The van der Waals surface area contributed by atoms with Crippen LogP contribution in [0, 0.1) is 0 Å². The quantitative estimate of drug-likeness (QED) is 0.911. The van der Waals surface area contributed by atoms with Crippen LogP contribution in [0.3, 0.4) is 0 Å². The van der Waals surface area contributed by atoms with Gasteiger partial charge in [-0.15, -0.1) is 0 Å². The Morgan fingerprint density at radius 3 is 2.72 bits per heavy atom. The highest BCUT2D eigenvalue weighted by molar-refractivity contribution is 6.30. The Balaban J connectivity index is 1.86. The molecule has 0 spiro atoms. The number of carbonyl (C=O) groups excluding carboxylic acids is 2. The molecule has 0 fully saturated rings. The molecule has 2 aromatic carbocycles. The maximum absolute atomic E-state index is 12.9. The van der Waals surface area contributed by atoms with E-state index in [0.717, 1.165) is 16.7 Å². The van der Waals surface area contributed by atoms with Gasteiger partial charge in [-0.2, -0.15) is 0 Å². The molecule has 0 saturated carbocycles. The van der Waals surface area contributed by atoms with Crippen LogP contribution in [-0.2, 0) is 22.6 Å². The monoisotopic (exact) mass is 356 g/mol. The van der Waals surface area contributed by atoms with E-state index in [9.17, 15) is 9.59 Å². The van der Waals surface area contributed by atoms with Gasteiger partial charge >= 0.3 is 0 Å². The fraction of sp³-hybridized carbons (Fsp3) is 0.300. The van der Waals surface area contributed by atoms with Crippen molar-refractivity contribution in [2.75, 3.05) is 0 Å². The number of rotatable bonds is 4. The number of halogens is 1. The molecule has 1 atom stereocenters. The predicted octanol–water partition coefficient (Wildman–Crippen LogP) is 3.49. The van der Waals surface area contributed by atoms with E-state index in [0.29, 0.717) is 18.0 Å². The summed E-state index contributed by atoms with van der Waals surface area (Å²) in [5.74, 6) is -0.189. The zero-order valence-electron chi connectivity index (χ0n) is 14.3. The normalized spacial score (nSPS) is 16.7. The molecule has 0 bridgehead atoms. The Hall–Kier alpha value is -2.33. The molecule has 4 nitrogen and oxygen atoms in total. The molecular weight excluding hydrogens is 336 g/mol. The summed E-state index contributed by atoms with van der Waals surface area (Å²) in [4.78, 5) is 27.2. The van der Waals surface area contributed by atoms with Crippen LogP contribution in [0.5, 0.6) is 0 Å². The van der Waals surface area contributed by atoms with Crippen LogP contribution in [0.4, 0.5) is 0 Å². The van der Waals surface area contributed by atoms with Gasteiger partial charge in [0.15, 0.2) is 0 Å². The second-order valence-electron chi connectivity index (χ2n) is 6.52. The van der Waals surface area contributed by atoms with Gasteiger partial charge in [-0.05, 0) is 42.7 Å². The summed E-state index contributed by atoms with van der Waals surface area (Å²) < 4.78 is 0. The molecule has 3 rings (SSSR count). The van der Waals surface area contributed by atoms with Gasteiger partial charge in [0.25, 0.3) is 0 Å². The first-order valence-corrected chi connectivity index (χ1v) is 8.76. The molecular formula is C20H21ClN2O2. The molecule has 1 aliphatic rings. The second-order valence-corrected chi connectivity index (χ2v) is 6.96. The zero-order valence-corrected chi connectivity index (χ0v) is 15.1. The number of fused-ring (bicyclic) bond motifs is 1. The summed E-state index contributed by atoms with van der Waals surface area (Å²) in [7, 11) is 0. The van der Waals surface area contributed by atoms with Crippen molar-refractivity contribution in [1.82, 2.24) is 10.2 Å². The maximum Gasteiger partial charge on any atom is 0.247 e. The molecule has 1 N–H and O–H groups in total. The number of hydrogen-bond acceptors (Lipinski definition) is 2. The Bertz CT molecular complexity index is 804. The van der Waals surface area contributed by atoms with E-state index < -0.39 is 6.04 Å². The highest BCUT2D eigenvalue weighted by Gasteiger charge is 2.38. The van der Waals surface area contributed by atoms with Crippen molar-refractivity contribution in [2.24, 2.45) is 0 Å². The van der Waals surface area contributed by atoms with Crippen LogP contribution >= 0.6 is 11.6 Å². The molecule has 25 heavy (non-hydrogen) atoms. The van der Waals surface area contributed by atoms with Crippen LogP contribution in [-0.4, -0.2) is 22.8 Å². The van der Waals surface area contributed by atoms with Crippen LogP contribution in [0.25, 0.3) is 0 Å². The van der Waals surface area contributed by atoms with Gasteiger partial charge in [-0.3, -0.25) is 9.59 Å². The average Bonchev–Trinajstić information content (AvgIpc) is 2.58. The average molecular weight is 357 g/mol. The van der Waals surface area contributed by atoms with Crippen molar-refractivity contribution in [3.05, 3.63) is 70.2 Å². The number of nitrogens with one attached hydrogen (secondary N) is 1. The van der Waals surface area contributed by atoms with E-state index in [1.54, 1.807) is 11.0 Å². The standard InChI is InChI=1S/C20H21ClN2O2/c1-13(2)23-18(24)11-15-7-3-4-9-17(15)19(23)20(25)22-12-14-6-5-8-16(21)10-14/h3-10,13,19H,11-12H2,1-2H3,(H,22,25). The van der Waals surface area contributed by atoms with E-state index in [4.69, 9.17) is 11.6 Å². The van der Waals surface area contributed by atoms with Crippen LogP contribution < -0.4 is 5.32 Å². The van der Waals surface area contributed by atoms with E-state index in [1.807, 2.05) is 56.3 Å². The van der Waals surface area contributed by atoms with Crippen molar-refractivity contribution in [3.63, 3.8) is 0 Å². The molecule has 0 radical (unpaired) electrons. The summed E-state index contributed by atoms with van der Waals surface area (Å²) in [5.41, 5.74) is 2.75. The van der Waals surface area contributed by atoms with Crippen molar-refractivity contribution in [3.8, 4) is 0 Å². The summed E-state index contributed by atoms with van der Waals surface area (Å²) in [6.07, 6.45) is 0.340. The van der Waals surface area contributed by atoms with Gasteiger partial charge in [-0.1, -0.05) is 48.0 Å². The second kappa shape index (κ2) is 7.28. The summed E-state index contributed by atoms with van der Waals surface area (Å²) in [6.45, 7) is 4.24. The van der Waals surface area contributed by atoms with Crippen LogP contribution in [0.15, 0.2) is 48.5 Å². The minimum atomic E-state index is -0.600. The molecule has 0 aromatic heterocycles. The van der Waals surface area contributed by atoms with Crippen molar-refractivity contribution in [1.29, 1.82) is 0 Å². The third-order valence-corrected chi connectivity index (χ3v) is 4.65. The number of carbonyl (C=O) groups is 2. The first-order chi connectivity index (χ1) is 12.0. The largest absolute Gasteiger partial charge is 0.350 e. The van der Waals surface area contributed by atoms with Crippen molar-refractivity contribution >= 4 is 23.4 Å². The molecule has 130 valence electrons.